The maximum absolute atomic E-state index is 12.7. The Morgan fingerprint density at radius 3 is 2.16 bits per heavy atom. The molecule has 0 aromatic heterocycles. The molecule has 0 aliphatic heterocycles. The Morgan fingerprint density at radius 2 is 1.68 bits per heavy atom. The fraction of sp³-hybridized carbons (Fsp3) is 0.571. The van der Waals surface area contributed by atoms with Gasteiger partial charge in [0, 0.05) is 8.07 Å². The number of benzene rings is 1. The third-order valence-electron chi connectivity index (χ3n) is 2.56. The van der Waals surface area contributed by atoms with E-state index in [4.69, 9.17) is 9.05 Å². The Kier molecular flexibility index (Phi) is 6.00. The van der Waals surface area contributed by atoms with Crippen molar-refractivity contribution in [2.75, 3.05) is 13.2 Å². The predicted octanol–water partition coefficient (Wildman–Crippen LogP) is 4.00. The van der Waals surface area contributed by atoms with Crippen LogP contribution in [-0.4, -0.2) is 21.3 Å². The zero-order chi connectivity index (χ0) is 14.5. The molecule has 0 spiro atoms. The molecule has 0 saturated carbocycles. The normalized spacial score (nSPS) is 12.7. The summed E-state index contributed by atoms with van der Waals surface area (Å²) in [4.78, 5) is 0. The van der Waals surface area contributed by atoms with Crippen LogP contribution in [0.5, 0.6) is 0 Å². The molecule has 0 heterocycles. The van der Waals surface area contributed by atoms with E-state index in [2.05, 4.69) is 25.7 Å². The van der Waals surface area contributed by atoms with Crippen LogP contribution >= 0.6 is 7.60 Å². The fourth-order valence-corrected chi connectivity index (χ4v) is 5.07. The lowest BCUT2D eigenvalue weighted by Gasteiger charge is -2.20. The molecule has 0 saturated heterocycles. The second kappa shape index (κ2) is 6.85. The van der Waals surface area contributed by atoms with Gasteiger partial charge in [0.2, 0.25) is 0 Å². The van der Waals surface area contributed by atoms with Gasteiger partial charge in [0.25, 0.3) is 0 Å². The van der Waals surface area contributed by atoms with Crippen LogP contribution in [-0.2, 0) is 19.7 Å². The summed E-state index contributed by atoms with van der Waals surface area (Å²) in [5.41, 5.74) is 1.22. The maximum atomic E-state index is 12.7. The van der Waals surface area contributed by atoms with Crippen molar-refractivity contribution >= 4 is 21.0 Å². The minimum absolute atomic E-state index is 0.384. The van der Waals surface area contributed by atoms with Crippen molar-refractivity contribution in [2.45, 2.75) is 39.5 Å². The van der Waals surface area contributed by atoms with Crippen molar-refractivity contribution < 1.29 is 13.6 Å². The van der Waals surface area contributed by atoms with Crippen molar-refractivity contribution in [3.63, 3.8) is 0 Å². The smallest absolute Gasteiger partial charge is 0.305 e. The first-order valence-corrected chi connectivity index (χ1v) is 12.0. The predicted molar refractivity (Wildman–Crippen MR) is 84.0 cm³/mol. The highest BCUT2D eigenvalue weighted by molar-refractivity contribution is 7.62. The van der Waals surface area contributed by atoms with Gasteiger partial charge in [-0.15, -0.1) is 0 Å². The minimum atomic E-state index is -3.15. The summed E-state index contributed by atoms with van der Waals surface area (Å²) in [6.07, 6.45) is 0. The van der Waals surface area contributed by atoms with Crippen LogP contribution in [0.1, 0.15) is 19.4 Å². The topological polar surface area (TPSA) is 35.5 Å². The first-order chi connectivity index (χ1) is 8.80. The zero-order valence-electron chi connectivity index (χ0n) is 12.6. The third kappa shape index (κ3) is 5.23. The van der Waals surface area contributed by atoms with Crippen LogP contribution in [0.15, 0.2) is 24.3 Å². The highest BCUT2D eigenvalue weighted by Crippen LogP contribution is 2.46. The lowest BCUT2D eigenvalue weighted by atomic mass is 10.2. The minimum Gasteiger partial charge on any atom is -0.305 e. The highest BCUT2D eigenvalue weighted by atomic mass is 31.2. The van der Waals surface area contributed by atoms with E-state index in [0.717, 1.165) is 6.04 Å². The van der Waals surface area contributed by atoms with Gasteiger partial charge in [-0.3, -0.25) is 4.57 Å². The fourth-order valence-electron chi connectivity index (χ4n) is 1.98. The van der Waals surface area contributed by atoms with Crippen LogP contribution < -0.4 is 5.30 Å². The van der Waals surface area contributed by atoms with E-state index in [0.29, 0.717) is 18.5 Å². The second-order valence-corrected chi connectivity index (χ2v) is 13.2. The van der Waals surface area contributed by atoms with Gasteiger partial charge >= 0.3 is 7.60 Å². The summed E-state index contributed by atoms with van der Waals surface area (Å²) in [6, 6.07) is 8.91. The summed E-state index contributed by atoms with van der Waals surface area (Å²) in [6.45, 7) is 11.4. The maximum Gasteiger partial charge on any atom is 0.361 e. The van der Waals surface area contributed by atoms with Gasteiger partial charge in [0.15, 0.2) is 0 Å². The molecule has 108 valence electrons. The van der Waals surface area contributed by atoms with E-state index in [1.54, 1.807) is 0 Å². The molecule has 0 radical (unpaired) electrons. The van der Waals surface area contributed by atoms with Crippen molar-refractivity contribution in [1.82, 2.24) is 0 Å². The highest BCUT2D eigenvalue weighted by Gasteiger charge is 2.27. The Morgan fingerprint density at radius 1 is 1.11 bits per heavy atom. The van der Waals surface area contributed by atoms with Crippen LogP contribution in [0.3, 0.4) is 0 Å². The van der Waals surface area contributed by atoms with E-state index in [1.807, 2.05) is 32.0 Å². The molecule has 19 heavy (non-hydrogen) atoms. The first kappa shape index (κ1) is 16.6. The Hall–Kier alpha value is -0.413. The van der Waals surface area contributed by atoms with Gasteiger partial charge in [-0.1, -0.05) is 31.8 Å². The largest absolute Gasteiger partial charge is 0.361 e. The summed E-state index contributed by atoms with van der Waals surface area (Å²) >= 11 is 0. The van der Waals surface area contributed by atoms with Crippen molar-refractivity contribution in [3.05, 3.63) is 29.8 Å². The molecule has 1 aromatic rings. The first-order valence-electron chi connectivity index (χ1n) is 6.79. The average molecular weight is 300 g/mol. The van der Waals surface area contributed by atoms with E-state index in [9.17, 15) is 4.57 Å². The Labute approximate surface area is 117 Å². The van der Waals surface area contributed by atoms with E-state index < -0.39 is 15.7 Å². The van der Waals surface area contributed by atoms with Crippen LogP contribution in [0.25, 0.3) is 0 Å². The van der Waals surface area contributed by atoms with Gasteiger partial charge in [0.1, 0.15) is 0 Å². The van der Waals surface area contributed by atoms with Crippen LogP contribution in [0.2, 0.25) is 19.6 Å². The summed E-state index contributed by atoms with van der Waals surface area (Å²) in [5.74, 6) is 0. The third-order valence-corrected chi connectivity index (χ3v) is 6.14. The molecule has 0 aliphatic rings. The van der Waals surface area contributed by atoms with Crippen LogP contribution in [0, 0.1) is 0 Å². The molecular weight excluding hydrogens is 275 g/mol. The van der Waals surface area contributed by atoms with E-state index >= 15 is 0 Å². The van der Waals surface area contributed by atoms with Crippen molar-refractivity contribution in [2.24, 2.45) is 0 Å². The molecule has 3 nitrogen and oxygen atoms in total. The SMILES string of the molecule is CCOP(=O)(OCC)c1cccc(C[Si](C)(C)C)c1. The summed E-state index contributed by atoms with van der Waals surface area (Å²) < 4.78 is 23.5. The molecule has 0 atom stereocenters. The van der Waals surface area contributed by atoms with E-state index in [-0.39, 0.29) is 0 Å². The van der Waals surface area contributed by atoms with Gasteiger partial charge < -0.3 is 9.05 Å². The average Bonchev–Trinajstić information content (AvgIpc) is 2.27. The molecule has 0 aliphatic carbocycles. The van der Waals surface area contributed by atoms with Gasteiger partial charge in [0.05, 0.1) is 18.5 Å². The van der Waals surface area contributed by atoms with Crippen LogP contribution in [0.4, 0.5) is 0 Å². The summed E-state index contributed by atoms with van der Waals surface area (Å²) in [5, 5.41) is 0.673. The molecule has 0 fully saturated rings. The number of hydrogen-bond acceptors (Lipinski definition) is 3. The zero-order valence-corrected chi connectivity index (χ0v) is 14.5. The molecule has 0 bridgehead atoms. The Balaban J connectivity index is 3.05. The van der Waals surface area contributed by atoms with Gasteiger partial charge in [-0.05, 0) is 37.6 Å². The molecule has 0 unspecified atom stereocenters. The van der Waals surface area contributed by atoms with Gasteiger partial charge in [-0.25, -0.2) is 0 Å². The van der Waals surface area contributed by atoms with Crippen molar-refractivity contribution in [3.8, 4) is 0 Å². The molecule has 5 heteroatoms. The Bertz CT molecular complexity index is 444. The monoisotopic (exact) mass is 300 g/mol. The lowest BCUT2D eigenvalue weighted by molar-refractivity contribution is 0.230. The molecule has 1 rings (SSSR count). The lowest BCUT2D eigenvalue weighted by Crippen LogP contribution is -2.24. The second-order valence-electron chi connectivity index (χ2n) is 5.74. The number of hydrogen-bond donors (Lipinski definition) is 0. The van der Waals surface area contributed by atoms with E-state index in [1.165, 1.54) is 5.56 Å². The van der Waals surface area contributed by atoms with Gasteiger partial charge in [-0.2, -0.15) is 0 Å². The summed E-state index contributed by atoms with van der Waals surface area (Å²) in [7, 11) is -4.34. The molecule has 1 aromatic carbocycles. The molecule has 0 amide bonds. The quantitative estimate of drug-likeness (QED) is 0.564. The molecular formula is C14H25O3PSi. The standard InChI is InChI=1S/C14H25O3PSi/c1-6-16-18(15,17-7-2)14-10-8-9-13(11-14)12-19(3,4)5/h8-11H,6-7,12H2,1-5H3. The van der Waals surface area contributed by atoms with Crippen molar-refractivity contribution in [1.29, 1.82) is 0 Å². The molecule has 0 N–H and O–H groups in total. The number of rotatable bonds is 7.